The Morgan fingerprint density at radius 1 is 1.15 bits per heavy atom. The van der Waals surface area contributed by atoms with Crippen LogP contribution in [0.3, 0.4) is 0 Å². The van der Waals surface area contributed by atoms with Crippen LogP contribution in [0.1, 0.15) is 10.4 Å². The molecule has 8 heteroatoms. The third kappa shape index (κ3) is 4.40. The van der Waals surface area contributed by atoms with Crippen molar-refractivity contribution in [3.63, 3.8) is 0 Å². The Morgan fingerprint density at radius 2 is 1.88 bits per heavy atom. The number of amides is 1. The monoisotopic (exact) mass is 457 g/mol. The highest BCUT2D eigenvalue weighted by Gasteiger charge is 2.23. The second-order valence-corrected chi connectivity index (χ2v) is 7.69. The zero-order chi connectivity index (χ0) is 18.0. The van der Waals surface area contributed by atoms with E-state index in [0.717, 1.165) is 9.17 Å². The SMILES string of the molecule is CN(C)CCN(C(=O)c1ccccc1Br)c1nc2c(F)cccc2s1.Cl. The van der Waals surface area contributed by atoms with Gasteiger partial charge in [0.1, 0.15) is 11.3 Å². The van der Waals surface area contributed by atoms with Gasteiger partial charge < -0.3 is 4.90 Å². The van der Waals surface area contributed by atoms with Gasteiger partial charge in [0, 0.05) is 17.6 Å². The Labute approximate surface area is 170 Å². The second-order valence-electron chi connectivity index (χ2n) is 5.82. The maximum atomic E-state index is 14.0. The van der Waals surface area contributed by atoms with Crippen molar-refractivity contribution in [3.05, 3.63) is 58.3 Å². The lowest BCUT2D eigenvalue weighted by molar-refractivity contribution is 0.0984. The number of rotatable bonds is 5. The molecule has 4 nitrogen and oxygen atoms in total. The van der Waals surface area contributed by atoms with Gasteiger partial charge in [-0.05, 0) is 54.3 Å². The minimum absolute atomic E-state index is 0. The minimum Gasteiger partial charge on any atom is -0.308 e. The van der Waals surface area contributed by atoms with Gasteiger partial charge in [-0.2, -0.15) is 0 Å². The highest BCUT2D eigenvalue weighted by Crippen LogP contribution is 2.31. The van der Waals surface area contributed by atoms with Gasteiger partial charge in [-0.25, -0.2) is 9.37 Å². The van der Waals surface area contributed by atoms with Crippen LogP contribution in [0.4, 0.5) is 9.52 Å². The molecule has 0 atom stereocenters. The van der Waals surface area contributed by atoms with Crippen molar-refractivity contribution in [2.75, 3.05) is 32.1 Å². The van der Waals surface area contributed by atoms with E-state index in [-0.39, 0.29) is 24.1 Å². The molecule has 0 aliphatic rings. The zero-order valence-corrected chi connectivity index (χ0v) is 17.5. The van der Waals surface area contributed by atoms with Crippen LogP contribution in [0.15, 0.2) is 46.9 Å². The largest absolute Gasteiger partial charge is 0.308 e. The van der Waals surface area contributed by atoms with Gasteiger partial charge in [-0.1, -0.05) is 29.5 Å². The number of thiazole rings is 1. The molecule has 26 heavy (non-hydrogen) atoms. The van der Waals surface area contributed by atoms with Crippen molar-refractivity contribution in [1.82, 2.24) is 9.88 Å². The summed E-state index contributed by atoms with van der Waals surface area (Å²) in [5.74, 6) is -0.533. The standard InChI is InChI=1S/C18H17BrFN3OS.ClH/c1-22(2)10-11-23(17(24)12-6-3-4-7-13(12)19)18-21-16-14(20)8-5-9-15(16)25-18;/h3-9H,10-11H2,1-2H3;1H. The predicted molar refractivity (Wildman–Crippen MR) is 111 cm³/mol. The molecule has 0 radical (unpaired) electrons. The molecular weight excluding hydrogens is 441 g/mol. The maximum Gasteiger partial charge on any atom is 0.261 e. The van der Waals surface area contributed by atoms with Gasteiger partial charge in [0.25, 0.3) is 5.91 Å². The van der Waals surface area contributed by atoms with E-state index in [1.807, 2.05) is 43.3 Å². The number of anilines is 1. The first-order chi connectivity index (χ1) is 12.0. The number of likely N-dealkylation sites (N-methyl/N-ethyl adjacent to an activating group) is 1. The van der Waals surface area contributed by atoms with Crippen molar-refractivity contribution in [1.29, 1.82) is 0 Å². The van der Waals surface area contributed by atoms with E-state index in [1.165, 1.54) is 17.4 Å². The number of carbonyl (C=O) groups excluding carboxylic acids is 1. The van der Waals surface area contributed by atoms with Gasteiger partial charge in [0.15, 0.2) is 5.13 Å². The van der Waals surface area contributed by atoms with Crippen LogP contribution in [0, 0.1) is 5.82 Å². The van der Waals surface area contributed by atoms with E-state index in [2.05, 4.69) is 20.9 Å². The zero-order valence-electron chi connectivity index (χ0n) is 14.3. The topological polar surface area (TPSA) is 36.4 Å². The molecule has 0 spiro atoms. The Bertz CT molecular complexity index is 918. The van der Waals surface area contributed by atoms with Gasteiger partial charge in [-0.3, -0.25) is 9.69 Å². The van der Waals surface area contributed by atoms with Gasteiger partial charge >= 0.3 is 0 Å². The summed E-state index contributed by atoms with van der Waals surface area (Å²) >= 11 is 4.75. The van der Waals surface area contributed by atoms with Crippen LogP contribution >= 0.6 is 39.7 Å². The van der Waals surface area contributed by atoms with E-state index >= 15 is 0 Å². The second kappa shape index (κ2) is 8.90. The molecule has 2 aromatic carbocycles. The molecule has 0 saturated heterocycles. The van der Waals surface area contributed by atoms with E-state index < -0.39 is 0 Å². The van der Waals surface area contributed by atoms with E-state index in [0.29, 0.717) is 29.3 Å². The maximum absolute atomic E-state index is 14.0. The van der Waals surface area contributed by atoms with Crippen LogP contribution in [0.2, 0.25) is 0 Å². The summed E-state index contributed by atoms with van der Waals surface area (Å²) in [6, 6.07) is 12.1. The molecular formula is C18H18BrClFN3OS. The number of halogens is 3. The quantitative estimate of drug-likeness (QED) is 0.549. The van der Waals surface area contributed by atoms with Crippen LogP contribution in [-0.4, -0.2) is 43.0 Å². The van der Waals surface area contributed by atoms with Gasteiger partial charge in [0.05, 0.1) is 10.3 Å². The Hall–Kier alpha value is -1.54. The number of fused-ring (bicyclic) bond motifs is 1. The highest BCUT2D eigenvalue weighted by atomic mass is 79.9. The molecule has 0 bridgehead atoms. The minimum atomic E-state index is -0.374. The first kappa shape index (κ1) is 20.8. The molecule has 0 fully saturated rings. The number of hydrogen-bond acceptors (Lipinski definition) is 4. The van der Waals surface area contributed by atoms with Gasteiger partial charge in [-0.15, -0.1) is 12.4 Å². The van der Waals surface area contributed by atoms with Crippen molar-refractivity contribution in [2.24, 2.45) is 0 Å². The van der Waals surface area contributed by atoms with Crippen LogP contribution < -0.4 is 4.90 Å². The Kier molecular flexibility index (Phi) is 7.11. The summed E-state index contributed by atoms with van der Waals surface area (Å²) in [7, 11) is 3.89. The normalized spacial score (nSPS) is 10.8. The Morgan fingerprint density at radius 3 is 2.54 bits per heavy atom. The van der Waals surface area contributed by atoms with Crippen LogP contribution in [0.5, 0.6) is 0 Å². The molecule has 0 aliphatic carbocycles. The molecule has 3 aromatic rings. The lowest BCUT2D eigenvalue weighted by Crippen LogP contribution is -2.36. The molecule has 138 valence electrons. The van der Waals surface area contributed by atoms with Crippen molar-refractivity contribution < 1.29 is 9.18 Å². The fourth-order valence-corrected chi connectivity index (χ4v) is 3.84. The smallest absolute Gasteiger partial charge is 0.261 e. The molecule has 1 heterocycles. The fourth-order valence-electron chi connectivity index (χ4n) is 2.38. The van der Waals surface area contributed by atoms with E-state index in [4.69, 9.17) is 0 Å². The lowest BCUT2D eigenvalue weighted by atomic mass is 10.2. The van der Waals surface area contributed by atoms with Gasteiger partial charge in [0.2, 0.25) is 0 Å². The summed E-state index contributed by atoms with van der Waals surface area (Å²) in [5, 5.41) is 0.503. The fraction of sp³-hybridized carbons (Fsp3) is 0.222. The predicted octanol–water partition coefficient (Wildman–Crippen LogP) is 4.83. The Balaban J connectivity index is 0.00000243. The van der Waals surface area contributed by atoms with E-state index in [1.54, 1.807) is 17.0 Å². The summed E-state index contributed by atoms with van der Waals surface area (Å²) < 4.78 is 15.4. The van der Waals surface area contributed by atoms with Crippen molar-refractivity contribution >= 4 is 60.9 Å². The number of aromatic nitrogens is 1. The number of nitrogens with zero attached hydrogens (tertiary/aromatic N) is 3. The molecule has 0 N–H and O–H groups in total. The first-order valence-electron chi connectivity index (χ1n) is 7.73. The summed E-state index contributed by atoms with van der Waals surface area (Å²) in [6.07, 6.45) is 0. The van der Waals surface area contributed by atoms with Crippen LogP contribution in [0.25, 0.3) is 10.2 Å². The number of benzene rings is 2. The molecule has 3 rings (SSSR count). The van der Waals surface area contributed by atoms with Crippen LogP contribution in [-0.2, 0) is 0 Å². The lowest BCUT2D eigenvalue weighted by Gasteiger charge is -2.22. The molecule has 0 aliphatic heterocycles. The molecule has 1 aromatic heterocycles. The average molecular weight is 459 g/mol. The first-order valence-corrected chi connectivity index (χ1v) is 9.34. The average Bonchev–Trinajstić information content (AvgIpc) is 3.00. The third-order valence-electron chi connectivity index (χ3n) is 3.71. The number of para-hydroxylation sites is 1. The summed E-state index contributed by atoms with van der Waals surface area (Å²) in [4.78, 5) is 21.1. The number of carbonyl (C=O) groups is 1. The molecule has 1 amide bonds. The molecule has 0 unspecified atom stereocenters. The molecule has 0 saturated carbocycles. The summed E-state index contributed by atoms with van der Waals surface area (Å²) in [5.41, 5.74) is 0.860. The van der Waals surface area contributed by atoms with E-state index in [9.17, 15) is 9.18 Å². The van der Waals surface area contributed by atoms with Crippen molar-refractivity contribution in [2.45, 2.75) is 0 Å². The highest BCUT2D eigenvalue weighted by molar-refractivity contribution is 9.10. The number of hydrogen-bond donors (Lipinski definition) is 0. The summed E-state index contributed by atoms with van der Waals surface area (Å²) in [6.45, 7) is 1.14. The third-order valence-corrected chi connectivity index (χ3v) is 5.44. The van der Waals surface area contributed by atoms with Crippen molar-refractivity contribution in [3.8, 4) is 0 Å².